The third-order valence-corrected chi connectivity index (χ3v) is 6.60. The van der Waals surface area contributed by atoms with Crippen molar-refractivity contribution in [2.75, 3.05) is 51.2 Å². The molecule has 0 atom stereocenters. The zero-order valence-electron chi connectivity index (χ0n) is 17.7. The highest BCUT2D eigenvalue weighted by Gasteiger charge is 2.22. The van der Waals surface area contributed by atoms with Crippen LogP contribution in [0.5, 0.6) is 0 Å². The van der Waals surface area contributed by atoms with Crippen LogP contribution in [0.25, 0.3) is 33.6 Å². The molecule has 0 spiro atoms. The fourth-order valence-electron chi connectivity index (χ4n) is 4.71. The Balaban J connectivity index is 1.40. The predicted octanol–water partition coefficient (Wildman–Crippen LogP) is 2.11. The van der Waals surface area contributed by atoms with Gasteiger partial charge in [0, 0.05) is 44.0 Å². The van der Waals surface area contributed by atoms with Crippen LogP contribution in [0.1, 0.15) is 24.5 Å². The number of anilines is 1. The summed E-state index contributed by atoms with van der Waals surface area (Å²) in [4.78, 5) is 22.7. The Morgan fingerprint density at radius 2 is 1.77 bits per heavy atom. The first-order valence-electron chi connectivity index (χ1n) is 11.1. The second-order valence-corrected chi connectivity index (χ2v) is 8.64. The van der Waals surface area contributed by atoms with Crippen LogP contribution in [0.15, 0.2) is 24.4 Å². The van der Waals surface area contributed by atoms with E-state index in [2.05, 4.69) is 54.5 Å². The summed E-state index contributed by atoms with van der Waals surface area (Å²) in [7, 11) is 2.16. The van der Waals surface area contributed by atoms with E-state index in [1.807, 2.05) is 12.3 Å². The highest BCUT2D eigenvalue weighted by molar-refractivity contribution is 5.93. The molecule has 0 aromatic carbocycles. The second-order valence-electron chi connectivity index (χ2n) is 8.64. The van der Waals surface area contributed by atoms with E-state index < -0.39 is 0 Å². The molecule has 9 heteroatoms. The fraction of sp³-hybridized carbons (Fsp3) is 0.455. The maximum Gasteiger partial charge on any atom is 0.161 e. The lowest BCUT2D eigenvalue weighted by molar-refractivity contribution is 0.312. The minimum atomic E-state index is 0.497. The lowest BCUT2D eigenvalue weighted by Crippen LogP contribution is -2.44. The first-order chi connectivity index (χ1) is 15.3. The molecule has 0 radical (unpaired) electrons. The van der Waals surface area contributed by atoms with Gasteiger partial charge in [0.15, 0.2) is 17.3 Å². The Bertz CT molecular complexity index is 1210. The summed E-state index contributed by atoms with van der Waals surface area (Å²) in [5.41, 5.74) is 5.60. The number of hydrogen-bond donors (Lipinski definition) is 3. The minimum absolute atomic E-state index is 0.497. The first kappa shape index (κ1) is 18.7. The van der Waals surface area contributed by atoms with Crippen LogP contribution < -0.4 is 10.2 Å². The molecule has 0 saturated carbocycles. The Labute approximate surface area is 180 Å². The standard InChI is InChI=1S/C22H27N9/c1-30-10-12-31(13-11-30)22-19-16(6-9-24-22)26-21(27-19)20-18-17(28-29-20)3-2-15(25-18)14-4-7-23-8-5-14/h2-3,6,9,14,23H,4-5,7-8,10-13H2,1H3,(H,26,27)(H,28,29). The van der Waals surface area contributed by atoms with Crippen LogP contribution in [0.4, 0.5) is 5.82 Å². The molecule has 4 aromatic heterocycles. The van der Waals surface area contributed by atoms with Crippen LogP contribution in [-0.4, -0.2) is 81.3 Å². The number of aromatic nitrogens is 6. The highest BCUT2D eigenvalue weighted by Crippen LogP contribution is 2.31. The number of pyridine rings is 2. The van der Waals surface area contributed by atoms with Crippen molar-refractivity contribution in [1.29, 1.82) is 0 Å². The molecule has 0 amide bonds. The quantitative estimate of drug-likeness (QED) is 0.469. The van der Waals surface area contributed by atoms with E-state index in [1.54, 1.807) is 0 Å². The largest absolute Gasteiger partial charge is 0.352 e. The number of likely N-dealkylation sites (N-methyl/N-ethyl adjacent to an activating group) is 1. The average molecular weight is 418 g/mol. The van der Waals surface area contributed by atoms with Crippen molar-refractivity contribution < 1.29 is 0 Å². The molecule has 0 bridgehead atoms. The maximum atomic E-state index is 5.01. The SMILES string of the molecule is CN1CCN(c2nccc3[nH]c(-c4n[nH]c5ccc(C6CCNCC6)nc45)nc23)CC1. The van der Waals surface area contributed by atoms with Crippen LogP contribution >= 0.6 is 0 Å². The Morgan fingerprint density at radius 1 is 0.935 bits per heavy atom. The highest BCUT2D eigenvalue weighted by atomic mass is 15.3. The zero-order chi connectivity index (χ0) is 20.8. The predicted molar refractivity (Wildman–Crippen MR) is 121 cm³/mol. The molecule has 6 heterocycles. The van der Waals surface area contributed by atoms with Gasteiger partial charge in [-0.05, 0) is 51.2 Å². The van der Waals surface area contributed by atoms with E-state index in [9.17, 15) is 0 Å². The number of rotatable bonds is 3. The van der Waals surface area contributed by atoms with Gasteiger partial charge in [0.2, 0.25) is 0 Å². The summed E-state index contributed by atoms with van der Waals surface area (Å²) in [5, 5.41) is 11.1. The number of nitrogens with one attached hydrogen (secondary N) is 3. The van der Waals surface area contributed by atoms with Gasteiger partial charge in [-0.15, -0.1) is 0 Å². The van der Waals surface area contributed by atoms with E-state index >= 15 is 0 Å². The smallest absolute Gasteiger partial charge is 0.161 e. The molecule has 2 saturated heterocycles. The number of fused-ring (bicyclic) bond motifs is 2. The van der Waals surface area contributed by atoms with E-state index in [4.69, 9.17) is 9.97 Å². The number of H-pyrrole nitrogens is 2. The van der Waals surface area contributed by atoms with Crippen molar-refractivity contribution in [3.63, 3.8) is 0 Å². The van der Waals surface area contributed by atoms with Crippen molar-refractivity contribution in [2.24, 2.45) is 0 Å². The van der Waals surface area contributed by atoms with Crippen molar-refractivity contribution in [1.82, 2.24) is 40.3 Å². The summed E-state index contributed by atoms with van der Waals surface area (Å²) < 4.78 is 0. The fourth-order valence-corrected chi connectivity index (χ4v) is 4.71. The molecule has 2 fully saturated rings. The Morgan fingerprint density at radius 3 is 2.61 bits per heavy atom. The van der Waals surface area contributed by atoms with Gasteiger partial charge < -0.3 is 20.1 Å². The van der Waals surface area contributed by atoms with Gasteiger partial charge in [-0.1, -0.05) is 0 Å². The number of hydrogen-bond acceptors (Lipinski definition) is 7. The van der Waals surface area contributed by atoms with Crippen molar-refractivity contribution in [3.8, 4) is 11.5 Å². The monoisotopic (exact) mass is 417 g/mol. The molecule has 2 aliphatic heterocycles. The van der Waals surface area contributed by atoms with Gasteiger partial charge in [-0.2, -0.15) is 5.10 Å². The van der Waals surface area contributed by atoms with Gasteiger partial charge >= 0.3 is 0 Å². The number of nitrogens with zero attached hydrogens (tertiary/aromatic N) is 6. The lowest BCUT2D eigenvalue weighted by Gasteiger charge is -2.33. The van der Waals surface area contributed by atoms with Crippen molar-refractivity contribution in [3.05, 3.63) is 30.1 Å². The maximum absolute atomic E-state index is 5.01. The number of aromatic amines is 2. The van der Waals surface area contributed by atoms with Crippen LogP contribution in [0.2, 0.25) is 0 Å². The average Bonchev–Trinajstić information content (AvgIpc) is 3.43. The minimum Gasteiger partial charge on any atom is -0.352 e. The molecule has 2 aliphatic rings. The molecule has 6 rings (SSSR count). The number of imidazole rings is 1. The van der Waals surface area contributed by atoms with Gasteiger partial charge in [-0.25, -0.2) is 15.0 Å². The molecule has 160 valence electrons. The zero-order valence-corrected chi connectivity index (χ0v) is 17.7. The molecule has 0 aliphatic carbocycles. The van der Waals surface area contributed by atoms with Crippen molar-refractivity contribution >= 4 is 27.9 Å². The summed E-state index contributed by atoms with van der Waals surface area (Å²) in [6.45, 7) is 6.07. The van der Waals surface area contributed by atoms with Crippen LogP contribution in [-0.2, 0) is 0 Å². The summed E-state index contributed by atoms with van der Waals surface area (Å²) >= 11 is 0. The number of piperidine rings is 1. The summed E-state index contributed by atoms with van der Waals surface area (Å²) in [6, 6.07) is 6.21. The van der Waals surface area contributed by atoms with Gasteiger partial charge in [0.1, 0.15) is 11.0 Å². The Kier molecular flexibility index (Phi) is 4.57. The molecule has 0 unspecified atom stereocenters. The molecule has 4 aromatic rings. The number of piperazine rings is 1. The van der Waals surface area contributed by atoms with Gasteiger partial charge in [0.25, 0.3) is 0 Å². The third-order valence-electron chi connectivity index (χ3n) is 6.60. The van der Waals surface area contributed by atoms with Crippen LogP contribution in [0.3, 0.4) is 0 Å². The second kappa shape index (κ2) is 7.58. The van der Waals surface area contributed by atoms with Crippen LogP contribution in [0, 0.1) is 0 Å². The normalized spacial score (nSPS) is 18.9. The van der Waals surface area contributed by atoms with E-state index in [1.165, 1.54) is 0 Å². The molecular formula is C22H27N9. The summed E-state index contributed by atoms with van der Waals surface area (Å²) in [6.07, 6.45) is 4.10. The van der Waals surface area contributed by atoms with Gasteiger partial charge in [0.05, 0.1) is 11.0 Å². The molecule has 31 heavy (non-hydrogen) atoms. The third kappa shape index (κ3) is 3.34. The van der Waals surface area contributed by atoms with E-state index in [0.29, 0.717) is 5.92 Å². The topological polar surface area (TPSA) is 102 Å². The lowest BCUT2D eigenvalue weighted by atomic mass is 9.94. The van der Waals surface area contributed by atoms with Crippen molar-refractivity contribution in [2.45, 2.75) is 18.8 Å². The Hall–Kier alpha value is -3.04. The summed E-state index contributed by atoms with van der Waals surface area (Å²) in [5.74, 6) is 2.17. The first-order valence-corrected chi connectivity index (χ1v) is 11.1. The molecule has 9 nitrogen and oxygen atoms in total. The van der Waals surface area contributed by atoms with E-state index in [-0.39, 0.29) is 0 Å². The molecule has 3 N–H and O–H groups in total. The van der Waals surface area contributed by atoms with E-state index in [0.717, 1.165) is 97.2 Å². The van der Waals surface area contributed by atoms with Gasteiger partial charge in [-0.3, -0.25) is 5.10 Å². The molecular weight excluding hydrogens is 390 g/mol.